The molecule has 1 heterocycles. The summed E-state index contributed by atoms with van der Waals surface area (Å²) in [5.41, 5.74) is 6.19. The molecule has 8 heteroatoms. The number of amides is 1. The molecule has 0 saturated carbocycles. The monoisotopic (exact) mass is 336 g/mol. The van der Waals surface area contributed by atoms with Gasteiger partial charge in [0.2, 0.25) is 6.10 Å². The Morgan fingerprint density at radius 1 is 1.08 bits per heavy atom. The van der Waals surface area contributed by atoms with Gasteiger partial charge in [-0.2, -0.15) is 0 Å². The minimum absolute atomic E-state index is 0.111. The number of cyclic esters (lactones) is 2. The number of hydrogen-bond acceptors (Lipinski definition) is 7. The maximum atomic E-state index is 11.7. The minimum atomic E-state index is -1.03. The molecular formula is C16H20N2O6. The van der Waals surface area contributed by atoms with Crippen LogP contribution in [-0.4, -0.2) is 43.3 Å². The summed E-state index contributed by atoms with van der Waals surface area (Å²) in [6.45, 7) is 0.475. The van der Waals surface area contributed by atoms with Crippen molar-refractivity contribution in [1.29, 1.82) is 0 Å². The maximum absolute atomic E-state index is 11.7. The summed E-state index contributed by atoms with van der Waals surface area (Å²) in [5.74, 6) is -1.25. The van der Waals surface area contributed by atoms with Crippen LogP contribution in [0.5, 0.6) is 0 Å². The molecule has 0 bridgehead atoms. The molecule has 2 unspecified atom stereocenters. The number of carbonyl (C=O) groups is 3. The second-order valence-corrected chi connectivity index (χ2v) is 5.21. The lowest BCUT2D eigenvalue weighted by molar-refractivity contribution is -0.195. The first kappa shape index (κ1) is 17.7. The van der Waals surface area contributed by atoms with Crippen molar-refractivity contribution in [3.63, 3.8) is 0 Å². The molecule has 0 aliphatic carbocycles. The van der Waals surface area contributed by atoms with E-state index in [4.69, 9.17) is 19.9 Å². The number of alkyl carbamates (subject to hydrolysis) is 1. The summed E-state index contributed by atoms with van der Waals surface area (Å²) in [5, 5.41) is 2.49. The van der Waals surface area contributed by atoms with Crippen LogP contribution in [0.1, 0.15) is 18.4 Å². The highest BCUT2D eigenvalue weighted by molar-refractivity contribution is 5.87. The topological polar surface area (TPSA) is 117 Å². The summed E-state index contributed by atoms with van der Waals surface area (Å²) in [4.78, 5) is 34.9. The molecular weight excluding hydrogens is 316 g/mol. The van der Waals surface area contributed by atoms with Crippen LogP contribution in [0.2, 0.25) is 0 Å². The predicted molar refractivity (Wildman–Crippen MR) is 82.7 cm³/mol. The van der Waals surface area contributed by atoms with E-state index in [2.05, 4.69) is 5.32 Å². The van der Waals surface area contributed by atoms with Gasteiger partial charge in [0.25, 0.3) is 0 Å². The number of rotatable bonds is 7. The van der Waals surface area contributed by atoms with E-state index in [0.717, 1.165) is 5.56 Å². The average molecular weight is 336 g/mol. The lowest BCUT2D eigenvalue weighted by Crippen LogP contribution is -2.46. The zero-order chi connectivity index (χ0) is 17.4. The van der Waals surface area contributed by atoms with Gasteiger partial charge >= 0.3 is 18.0 Å². The summed E-state index contributed by atoms with van der Waals surface area (Å²) in [6, 6.07) is 9.23. The van der Waals surface area contributed by atoms with Crippen LogP contribution in [0.15, 0.2) is 30.3 Å². The summed E-state index contributed by atoms with van der Waals surface area (Å²) in [6.07, 6.45) is -2.25. The van der Waals surface area contributed by atoms with Crippen molar-refractivity contribution in [3.8, 4) is 0 Å². The zero-order valence-corrected chi connectivity index (χ0v) is 13.1. The molecule has 3 N–H and O–H groups in total. The Morgan fingerprint density at radius 2 is 1.71 bits per heavy atom. The van der Waals surface area contributed by atoms with Crippen LogP contribution in [0, 0.1) is 0 Å². The average Bonchev–Trinajstić information content (AvgIpc) is 2.58. The van der Waals surface area contributed by atoms with Gasteiger partial charge in [-0.3, -0.25) is 0 Å². The highest BCUT2D eigenvalue weighted by Crippen LogP contribution is 2.15. The van der Waals surface area contributed by atoms with E-state index in [1.54, 1.807) is 0 Å². The van der Waals surface area contributed by atoms with Gasteiger partial charge in [0.05, 0.1) is 0 Å². The quantitative estimate of drug-likeness (QED) is 0.549. The Balaban J connectivity index is 1.67. The number of ether oxygens (including phenoxy) is 3. The molecule has 1 aromatic rings. The SMILES string of the molecule is NCCC1OC(=O)C(CCNC(=O)OCc2ccccc2)OC1=O. The second-order valence-electron chi connectivity index (χ2n) is 5.21. The Kier molecular flexibility index (Phi) is 6.56. The van der Waals surface area contributed by atoms with E-state index >= 15 is 0 Å². The first-order valence-electron chi connectivity index (χ1n) is 7.65. The standard InChI is InChI=1S/C16H20N2O6/c17-8-6-12-14(19)24-13(15(20)23-12)7-9-18-16(21)22-10-11-4-2-1-3-5-11/h1-5,12-13H,6-10,17H2,(H,18,21). The molecule has 24 heavy (non-hydrogen) atoms. The predicted octanol–water partition coefficient (Wildman–Crippen LogP) is 0.489. The highest BCUT2D eigenvalue weighted by Gasteiger charge is 2.37. The van der Waals surface area contributed by atoms with E-state index in [-0.39, 0.29) is 32.5 Å². The number of nitrogens with two attached hydrogens (primary N) is 1. The Labute approximate surface area is 139 Å². The van der Waals surface area contributed by atoms with Gasteiger partial charge in [0.15, 0.2) is 6.10 Å². The van der Waals surface area contributed by atoms with E-state index in [0.29, 0.717) is 0 Å². The Morgan fingerprint density at radius 3 is 2.33 bits per heavy atom. The van der Waals surface area contributed by atoms with Crippen molar-refractivity contribution in [2.45, 2.75) is 31.7 Å². The smallest absolute Gasteiger partial charge is 0.407 e. The molecule has 130 valence electrons. The third-order valence-corrected chi connectivity index (χ3v) is 3.36. The zero-order valence-electron chi connectivity index (χ0n) is 13.1. The molecule has 8 nitrogen and oxygen atoms in total. The van der Waals surface area contributed by atoms with Crippen molar-refractivity contribution in [2.75, 3.05) is 13.1 Å². The van der Waals surface area contributed by atoms with Crippen LogP contribution >= 0.6 is 0 Å². The number of carbonyl (C=O) groups excluding carboxylic acids is 3. The number of nitrogens with one attached hydrogen (secondary N) is 1. The lowest BCUT2D eigenvalue weighted by Gasteiger charge is -2.27. The molecule has 1 aromatic carbocycles. The number of esters is 2. The van der Waals surface area contributed by atoms with Crippen LogP contribution in [-0.2, 0) is 30.4 Å². The number of benzene rings is 1. The van der Waals surface area contributed by atoms with E-state index in [1.165, 1.54) is 0 Å². The van der Waals surface area contributed by atoms with Crippen molar-refractivity contribution < 1.29 is 28.6 Å². The molecule has 1 aliphatic heterocycles. The second kappa shape index (κ2) is 8.88. The third-order valence-electron chi connectivity index (χ3n) is 3.36. The fraction of sp³-hybridized carbons (Fsp3) is 0.438. The van der Waals surface area contributed by atoms with Gasteiger partial charge in [0, 0.05) is 19.4 Å². The lowest BCUT2D eigenvalue weighted by atomic mass is 10.2. The number of hydrogen-bond donors (Lipinski definition) is 2. The highest BCUT2D eigenvalue weighted by atomic mass is 16.6. The van der Waals surface area contributed by atoms with Crippen LogP contribution in [0.25, 0.3) is 0 Å². The van der Waals surface area contributed by atoms with E-state index in [9.17, 15) is 14.4 Å². The molecule has 1 saturated heterocycles. The van der Waals surface area contributed by atoms with Crippen molar-refractivity contribution in [3.05, 3.63) is 35.9 Å². The molecule has 1 fully saturated rings. The van der Waals surface area contributed by atoms with Gasteiger partial charge in [-0.05, 0) is 12.1 Å². The van der Waals surface area contributed by atoms with E-state index < -0.39 is 30.2 Å². The first-order valence-corrected chi connectivity index (χ1v) is 7.65. The van der Waals surface area contributed by atoms with Crippen LogP contribution in [0.4, 0.5) is 4.79 Å². The third kappa shape index (κ3) is 5.24. The fourth-order valence-electron chi connectivity index (χ4n) is 2.11. The minimum Gasteiger partial charge on any atom is -0.448 e. The largest absolute Gasteiger partial charge is 0.448 e. The summed E-state index contributed by atoms with van der Waals surface area (Å²) < 4.78 is 15.0. The van der Waals surface area contributed by atoms with Crippen molar-refractivity contribution >= 4 is 18.0 Å². The van der Waals surface area contributed by atoms with Crippen LogP contribution < -0.4 is 11.1 Å². The van der Waals surface area contributed by atoms with Gasteiger partial charge in [-0.1, -0.05) is 30.3 Å². The molecule has 2 atom stereocenters. The van der Waals surface area contributed by atoms with Gasteiger partial charge in [-0.25, -0.2) is 14.4 Å². The normalized spacial score (nSPS) is 20.0. The van der Waals surface area contributed by atoms with Crippen molar-refractivity contribution in [2.24, 2.45) is 5.73 Å². The molecule has 1 amide bonds. The van der Waals surface area contributed by atoms with Gasteiger partial charge < -0.3 is 25.3 Å². The molecule has 0 spiro atoms. The molecule has 0 radical (unpaired) electrons. The van der Waals surface area contributed by atoms with Crippen molar-refractivity contribution in [1.82, 2.24) is 5.32 Å². The van der Waals surface area contributed by atoms with Gasteiger partial charge in [-0.15, -0.1) is 0 Å². The Hall–Kier alpha value is -2.61. The van der Waals surface area contributed by atoms with Gasteiger partial charge in [0.1, 0.15) is 6.61 Å². The first-order chi connectivity index (χ1) is 11.6. The molecule has 1 aliphatic rings. The summed E-state index contributed by atoms with van der Waals surface area (Å²) in [7, 11) is 0. The van der Waals surface area contributed by atoms with E-state index in [1.807, 2.05) is 30.3 Å². The Bertz CT molecular complexity index is 577. The summed E-state index contributed by atoms with van der Waals surface area (Å²) >= 11 is 0. The van der Waals surface area contributed by atoms with Crippen LogP contribution in [0.3, 0.4) is 0 Å². The fourth-order valence-corrected chi connectivity index (χ4v) is 2.11. The maximum Gasteiger partial charge on any atom is 0.407 e. The molecule has 0 aromatic heterocycles. The molecule has 2 rings (SSSR count).